The molecule has 0 unspecified atom stereocenters. The van der Waals surface area contributed by atoms with Crippen molar-refractivity contribution in [1.29, 1.82) is 0 Å². The van der Waals surface area contributed by atoms with Gasteiger partial charge in [-0.15, -0.1) is 0 Å². The number of carboxylic acid groups (broad SMARTS) is 1. The number of hydrogen-bond acceptors (Lipinski definition) is 4. The zero-order valence-corrected chi connectivity index (χ0v) is 11.3. The lowest BCUT2D eigenvalue weighted by atomic mass is 10.2. The van der Waals surface area contributed by atoms with Crippen LogP contribution in [-0.4, -0.2) is 42.5 Å². The first-order valence-corrected chi connectivity index (χ1v) is 6.06. The average Bonchev–Trinajstić information content (AvgIpc) is 2.41. The highest BCUT2D eigenvalue weighted by Crippen LogP contribution is 2.19. The minimum atomic E-state index is -1.18. The molecule has 0 aromatic heterocycles. The number of carboxylic acids is 1. The molecule has 1 aromatic carbocycles. The fourth-order valence-electron chi connectivity index (χ4n) is 1.44. The van der Waals surface area contributed by atoms with Gasteiger partial charge in [0.25, 0.3) is 0 Å². The smallest absolute Gasteiger partial charge is 0.323 e. The summed E-state index contributed by atoms with van der Waals surface area (Å²) < 4.78 is 0. The Morgan fingerprint density at radius 2 is 2.05 bits per heavy atom. The number of rotatable bonds is 6. The Labute approximate surface area is 120 Å². The molecule has 0 heterocycles. The van der Waals surface area contributed by atoms with Crippen LogP contribution in [0.25, 0.3) is 0 Å². The highest BCUT2D eigenvalue weighted by Gasteiger charge is 2.19. The molecule has 0 aliphatic carbocycles. The minimum Gasteiger partial charge on any atom is -0.480 e. The number of nitrogens with one attached hydrogen (secondary N) is 1. The minimum absolute atomic E-state index is 0.247. The van der Waals surface area contributed by atoms with Gasteiger partial charge in [-0.2, -0.15) is 0 Å². The third kappa shape index (κ3) is 4.87. The first-order chi connectivity index (χ1) is 9.43. The lowest BCUT2D eigenvalue weighted by molar-refractivity contribution is -0.136. The van der Waals surface area contributed by atoms with E-state index in [1.807, 2.05) is 0 Å². The monoisotopic (exact) mass is 299 g/mol. The van der Waals surface area contributed by atoms with Crippen LogP contribution in [0.4, 0.5) is 5.69 Å². The summed E-state index contributed by atoms with van der Waals surface area (Å²) in [5.41, 5.74) is 5.44. The average molecular weight is 300 g/mol. The molecule has 0 bridgehead atoms. The Morgan fingerprint density at radius 3 is 2.60 bits per heavy atom. The molecule has 1 rings (SSSR count). The Kier molecular flexibility index (Phi) is 5.95. The fraction of sp³-hybridized carbons (Fsp3) is 0.250. The molecule has 1 aromatic rings. The third-order valence-electron chi connectivity index (χ3n) is 2.34. The van der Waals surface area contributed by atoms with Crippen LogP contribution in [0.1, 0.15) is 0 Å². The van der Waals surface area contributed by atoms with E-state index in [2.05, 4.69) is 5.32 Å². The van der Waals surface area contributed by atoms with E-state index in [-0.39, 0.29) is 13.1 Å². The maximum atomic E-state index is 12.0. The van der Waals surface area contributed by atoms with Crippen molar-refractivity contribution < 1.29 is 19.5 Å². The second-order valence-corrected chi connectivity index (χ2v) is 4.27. The summed E-state index contributed by atoms with van der Waals surface area (Å²) in [4.78, 5) is 34.8. The van der Waals surface area contributed by atoms with Gasteiger partial charge >= 0.3 is 5.97 Å². The highest BCUT2D eigenvalue weighted by atomic mass is 35.5. The number of anilines is 1. The normalized spacial score (nSPS) is 9.90. The fourth-order valence-corrected chi connectivity index (χ4v) is 1.63. The van der Waals surface area contributed by atoms with Crippen molar-refractivity contribution in [1.82, 2.24) is 5.32 Å². The van der Waals surface area contributed by atoms with Gasteiger partial charge in [0.2, 0.25) is 11.8 Å². The van der Waals surface area contributed by atoms with Crippen LogP contribution in [0, 0.1) is 0 Å². The zero-order valence-electron chi connectivity index (χ0n) is 10.5. The molecule has 2 amide bonds. The summed E-state index contributed by atoms with van der Waals surface area (Å²) in [6.45, 7) is -1.11. The molecule has 0 saturated carbocycles. The molecule has 108 valence electrons. The number of halogens is 1. The van der Waals surface area contributed by atoms with E-state index in [0.717, 1.165) is 4.90 Å². The van der Waals surface area contributed by atoms with Crippen molar-refractivity contribution in [2.45, 2.75) is 0 Å². The van der Waals surface area contributed by atoms with Crippen molar-refractivity contribution in [2.75, 3.05) is 24.5 Å². The number of aliphatic carboxylic acids is 1. The van der Waals surface area contributed by atoms with Crippen molar-refractivity contribution >= 4 is 35.1 Å². The van der Waals surface area contributed by atoms with Crippen molar-refractivity contribution in [3.8, 4) is 0 Å². The van der Waals surface area contributed by atoms with Crippen molar-refractivity contribution in [3.05, 3.63) is 29.3 Å². The highest BCUT2D eigenvalue weighted by molar-refractivity contribution is 6.31. The lowest BCUT2D eigenvalue weighted by Crippen LogP contribution is -2.44. The van der Waals surface area contributed by atoms with Gasteiger partial charge in [-0.1, -0.05) is 17.7 Å². The van der Waals surface area contributed by atoms with Crippen LogP contribution in [0.5, 0.6) is 0 Å². The largest absolute Gasteiger partial charge is 0.480 e. The first-order valence-electron chi connectivity index (χ1n) is 5.68. The van der Waals surface area contributed by atoms with Gasteiger partial charge in [-0.3, -0.25) is 19.3 Å². The molecular formula is C12H14ClN3O4. The third-order valence-corrected chi connectivity index (χ3v) is 2.57. The van der Waals surface area contributed by atoms with Gasteiger partial charge < -0.3 is 16.2 Å². The summed E-state index contributed by atoms with van der Waals surface area (Å²) in [6, 6.07) is 6.22. The number of amides is 2. The second-order valence-electron chi connectivity index (χ2n) is 3.83. The Balaban J connectivity index is 2.86. The number of benzene rings is 1. The number of hydrogen-bond donors (Lipinski definition) is 3. The number of carbonyl (C=O) groups excluding carboxylic acids is 2. The predicted molar refractivity (Wildman–Crippen MR) is 73.5 cm³/mol. The van der Waals surface area contributed by atoms with Crippen LogP contribution >= 0.6 is 11.6 Å². The molecule has 0 atom stereocenters. The number of nitrogens with zero attached hydrogens (tertiary/aromatic N) is 1. The van der Waals surface area contributed by atoms with Crippen LogP contribution in [0.3, 0.4) is 0 Å². The Bertz CT molecular complexity index is 521. The van der Waals surface area contributed by atoms with Crippen LogP contribution in [-0.2, 0) is 14.4 Å². The van der Waals surface area contributed by atoms with E-state index >= 15 is 0 Å². The van der Waals surface area contributed by atoms with Gasteiger partial charge in [0, 0.05) is 10.7 Å². The summed E-state index contributed by atoms with van der Waals surface area (Å²) in [6.07, 6.45) is 0. The molecule has 8 heteroatoms. The molecule has 0 radical (unpaired) electrons. The van der Waals surface area contributed by atoms with E-state index < -0.39 is 24.3 Å². The van der Waals surface area contributed by atoms with Crippen LogP contribution in [0.15, 0.2) is 24.3 Å². The molecular weight excluding hydrogens is 286 g/mol. The van der Waals surface area contributed by atoms with Gasteiger partial charge in [0.1, 0.15) is 6.54 Å². The zero-order chi connectivity index (χ0) is 15.1. The summed E-state index contributed by atoms with van der Waals surface area (Å²) in [5.74, 6) is -2.25. The van der Waals surface area contributed by atoms with Gasteiger partial charge in [0.15, 0.2) is 0 Å². The van der Waals surface area contributed by atoms with E-state index in [4.69, 9.17) is 22.4 Å². The Hall–Kier alpha value is -2.12. The molecule has 0 aliphatic heterocycles. The van der Waals surface area contributed by atoms with E-state index in [9.17, 15) is 14.4 Å². The van der Waals surface area contributed by atoms with Gasteiger partial charge in [-0.05, 0) is 18.2 Å². The molecule has 0 aliphatic rings. The molecule has 0 spiro atoms. The maximum Gasteiger partial charge on any atom is 0.323 e. The quantitative estimate of drug-likeness (QED) is 0.675. The number of carbonyl (C=O) groups is 3. The topological polar surface area (TPSA) is 113 Å². The summed E-state index contributed by atoms with van der Waals surface area (Å²) in [7, 11) is 0. The predicted octanol–water partition coefficient (Wildman–Crippen LogP) is -0.167. The van der Waals surface area contributed by atoms with Crippen LogP contribution < -0.4 is 16.0 Å². The molecule has 0 saturated heterocycles. The second kappa shape index (κ2) is 7.46. The standard InChI is InChI=1S/C12H14ClN3O4/c13-8-2-1-3-9(4-8)16(7-12(19)20)11(18)6-15-10(17)5-14/h1-4H,5-7,14H2,(H,15,17)(H,19,20). The van der Waals surface area contributed by atoms with Crippen LogP contribution in [0.2, 0.25) is 5.02 Å². The van der Waals surface area contributed by atoms with Gasteiger partial charge in [0.05, 0.1) is 13.1 Å². The first kappa shape index (κ1) is 15.9. The van der Waals surface area contributed by atoms with Crippen molar-refractivity contribution in [2.24, 2.45) is 5.73 Å². The molecule has 20 heavy (non-hydrogen) atoms. The molecule has 0 fully saturated rings. The number of nitrogens with two attached hydrogens (primary N) is 1. The maximum absolute atomic E-state index is 12.0. The lowest BCUT2D eigenvalue weighted by Gasteiger charge is -2.21. The van der Waals surface area contributed by atoms with E-state index in [1.165, 1.54) is 6.07 Å². The molecule has 7 nitrogen and oxygen atoms in total. The van der Waals surface area contributed by atoms with E-state index in [1.54, 1.807) is 18.2 Å². The van der Waals surface area contributed by atoms with E-state index in [0.29, 0.717) is 10.7 Å². The molecule has 4 N–H and O–H groups in total. The Morgan fingerprint density at radius 1 is 1.35 bits per heavy atom. The summed E-state index contributed by atoms with van der Waals surface area (Å²) in [5, 5.41) is 11.5. The van der Waals surface area contributed by atoms with Gasteiger partial charge in [-0.25, -0.2) is 0 Å². The SMILES string of the molecule is NCC(=O)NCC(=O)N(CC(=O)O)c1cccc(Cl)c1. The summed E-state index contributed by atoms with van der Waals surface area (Å²) >= 11 is 5.81. The van der Waals surface area contributed by atoms with Crippen molar-refractivity contribution in [3.63, 3.8) is 0 Å².